The van der Waals surface area contributed by atoms with Crippen molar-refractivity contribution < 1.29 is 14.3 Å². The van der Waals surface area contributed by atoms with Crippen LogP contribution in [0, 0.1) is 23.1 Å². The highest BCUT2D eigenvalue weighted by Crippen LogP contribution is 2.60. The molecule has 0 saturated heterocycles. The monoisotopic (exact) mass is 235 g/mol. The number of carboxylic acid groups (broad SMARTS) is 1. The number of nitrogens with zero attached hydrogens (tertiary/aromatic N) is 1. The highest BCUT2D eigenvalue weighted by molar-refractivity contribution is 5.76. The first-order chi connectivity index (χ1) is 8.09. The minimum Gasteiger partial charge on any atom is -0.481 e. The van der Waals surface area contributed by atoms with Crippen molar-refractivity contribution in [3.8, 4) is 0 Å². The Kier molecular flexibility index (Phi) is 2.21. The van der Waals surface area contributed by atoms with Crippen molar-refractivity contribution in [3.63, 3.8) is 0 Å². The smallest absolute Gasteiger partial charge is 0.309 e. The maximum Gasteiger partial charge on any atom is 0.309 e. The first-order valence-corrected chi connectivity index (χ1v) is 5.92. The Morgan fingerprint density at radius 2 is 2.18 bits per heavy atom. The maximum atomic E-state index is 13.0. The van der Waals surface area contributed by atoms with Crippen LogP contribution in [0.25, 0.3) is 0 Å². The molecular formula is C13H14FNO2. The van der Waals surface area contributed by atoms with Gasteiger partial charge in [0.25, 0.3) is 0 Å². The summed E-state index contributed by atoms with van der Waals surface area (Å²) in [4.78, 5) is 15.2. The molecule has 0 spiro atoms. The number of carbonyl (C=O) groups is 1. The second-order valence-corrected chi connectivity index (χ2v) is 5.44. The molecule has 3 rings (SSSR count). The van der Waals surface area contributed by atoms with E-state index >= 15 is 0 Å². The van der Waals surface area contributed by atoms with Gasteiger partial charge in [0, 0.05) is 6.20 Å². The Labute approximate surface area is 98.7 Å². The number of pyridine rings is 1. The van der Waals surface area contributed by atoms with Crippen molar-refractivity contribution in [2.24, 2.45) is 17.3 Å². The number of halogens is 1. The number of rotatable bonds is 3. The molecule has 1 aromatic heterocycles. The van der Waals surface area contributed by atoms with Gasteiger partial charge in [-0.2, -0.15) is 0 Å². The zero-order valence-corrected chi connectivity index (χ0v) is 9.40. The third kappa shape index (κ3) is 1.81. The molecule has 17 heavy (non-hydrogen) atoms. The predicted octanol–water partition coefficient (Wildman–Crippen LogP) is 2.26. The van der Waals surface area contributed by atoms with E-state index in [1.165, 1.54) is 12.5 Å². The van der Waals surface area contributed by atoms with Gasteiger partial charge in [-0.25, -0.2) is 4.39 Å². The van der Waals surface area contributed by atoms with Crippen molar-refractivity contribution in [1.29, 1.82) is 0 Å². The number of hydrogen-bond acceptors (Lipinski definition) is 2. The summed E-state index contributed by atoms with van der Waals surface area (Å²) in [7, 11) is 0. The molecule has 2 fully saturated rings. The van der Waals surface area contributed by atoms with Crippen LogP contribution in [0.5, 0.6) is 0 Å². The van der Waals surface area contributed by atoms with Gasteiger partial charge in [0.2, 0.25) is 0 Å². The van der Waals surface area contributed by atoms with Crippen LogP contribution in [0.2, 0.25) is 0 Å². The summed E-state index contributed by atoms with van der Waals surface area (Å²) in [5.74, 6) is 0.0420. The van der Waals surface area contributed by atoms with Gasteiger partial charge in [-0.05, 0) is 49.1 Å². The number of aliphatic carboxylic acids is 1. The fourth-order valence-electron chi connectivity index (χ4n) is 3.24. The number of fused-ring (bicyclic) bond motifs is 1. The first kappa shape index (κ1) is 10.7. The summed E-state index contributed by atoms with van der Waals surface area (Å²) in [5.41, 5.74) is 0.0111. The zero-order valence-electron chi connectivity index (χ0n) is 9.40. The minimum absolute atomic E-state index is 0.397. The summed E-state index contributed by atoms with van der Waals surface area (Å²) in [6, 6.07) is 1.39. The van der Waals surface area contributed by atoms with E-state index in [0.29, 0.717) is 23.8 Å². The van der Waals surface area contributed by atoms with Gasteiger partial charge in [0.1, 0.15) is 5.82 Å². The van der Waals surface area contributed by atoms with Crippen LogP contribution in [0.1, 0.15) is 24.8 Å². The molecule has 3 nitrogen and oxygen atoms in total. The maximum absolute atomic E-state index is 13.0. The fraction of sp³-hybridized carbons (Fsp3) is 0.538. The second kappa shape index (κ2) is 3.52. The molecule has 2 aliphatic carbocycles. The summed E-state index contributed by atoms with van der Waals surface area (Å²) >= 11 is 0. The lowest BCUT2D eigenvalue weighted by atomic mass is 9.78. The fourth-order valence-corrected chi connectivity index (χ4v) is 3.24. The predicted molar refractivity (Wildman–Crippen MR) is 58.8 cm³/mol. The third-order valence-electron chi connectivity index (χ3n) is 4.13. The van der Waals surface area contributed by atoms with Gasteiger partial charge in [-0.3, -0.25) is 9.78 Å². The standard InChI is InChI=1S/C13H14FNO2/c14-11-1-8(6-15-7-11)3-13(12(16)17)4-9-2-10(9)5-13/h1,6-7,9-10H,2-5H2,(H,16,17). The highest BCUT2D eigenvalue weighted by atomic mass is 19.1. The van der Waals surface area contributed by atoms with Crippen LogP contribution >= 0.6 is 0 Å². The van der Waals surface area contributed by atoms with Crippen molar-refractivity contribution >= 4 is 5.97 Å². The van der Waals surface area contributed by atoms with Crippen LogP contribution < -0.4 is 0 Å². The molecule has 1 N–H and O–H groups in total. The van der Waals surface area contributed by atoms with Crippen molar-refractivity contribution in [2.45, 2.75) is 25.7 Å². The number of carboxylic acids is 1. The Bertz CT molecular complexity index is 464. The second-order valence-electron chi connectivity index (χ2n) is 5.44. The topological polar surface area (TPSA) is 50.2 Å². The molecule has 1 heterocycles. The normalized spacial score (nSPS) is 34.4. The SMILES string of the molecule is O=C(O)C1(Cc2cncc(F)c2)CC2CC2C1. The molecular weight excluding hydrogens is 221 g/mol. The van der Waals surface area contributed by atoms with Crippen molar-refractivity contribution in [2.75, 3.05) is 0 Å². The number of aromatic nitrogens is 1. The molecule has 2 unspecified atom stereocenters. The molecule has 0 aromatic carbocycles. The van der Waals surface area contributed by atoms with E-state index in [4.69, 9.17) is 0 Å². The average Bonchev–Trinajstić information content (AvgIpc) is 2.87. The van der Waals surface area contributed by atoms with E-state index in [9.17, 15) is 14.3 Å². The van der Waals surface area contributed by atoms with Gasteiger partial charge in [0.05, 0.1) is 11.6 Å². The first-order valence-electron chi connectivity index (χ1n) is 5.92. The van der Waals surface area contributed by atoms with E-state index in [1.807, 2.05) is 0 Å². The lowest BCUT2D eigenvalue weighted by molar-refractivity contribution is -0.149. The summed E-state index contributed by atoms with van der Waals surface area (Å²) in [6.45, 7) is 0. The summed E-state index contributed by atoms with van der Waals surface area (Å²) in [5, 5.41) is 9.42. The summed E-state index contributed by atoms with van der Waals surface area (Å²) in [6.07, 6.45) is 5.77. The van der Waals surface area contributed by atoms with E-state index in [-0.39, 0.29) is 0 Å². The van der Waals surface area contributed by atoms with Crippen molar-refractivity contribution in [1.82, 2.24) is 4.98 Å². The molecule has 1 aromatic rings. The van der Waals surface area contributed by atoms with Crippen LogP contribution in [0.3, 0.4) is 0 Å². The Morgan fingerprint density at radius 3 is 2.76 bits per heavy atom. The van der Waals surface area contributed by atoms with Gasteiger partial charge >= 0.3 is 5.97 Å². The lowest BCUT2D eigenvalue weighted by Gasteiger charge is -2.25. The van der Waals surface area contributed by atoms with Gasteiger partial charge < -0.3 is 5.11 Å². The quantitative estimate of drug-likeness (QED) is 0.874. The van der Waals surface area contributed by atoms with E-state index in [0.717, 1.165) is 19.0 Å². The van der Waals surface area contributed by atoms with Gasteiger partial charge in [0.15, 0.2) is 0 Å². The lowest BCUT2D eigenvalue weighted by Crippen LogP contribution is -2.32. The molecule has 0 radical (unpaired) electrons. The van der Waals surface area contributed by atoms with Crippen LogP contribution in [-0.4, -0.2) is 16.1 Å². The third-order valence-corrected chi connectivity index (χ3v) is 4.13. The highest BCUT2D eigenvalue weighted by Gasteiger charge is 2.57. The van der Waals surface area contributed by atoms with Gasteiger partial charge in [-0.15, -0.1) is 0 Å². The van der Waals surface area contributed by atoms with Crippen molar-refractivity contribution in [3.05, 3.63) is 29.8 Å². The zero-order chi connectivity index (χ0) is 12.0. The van der Waals surface area contributed by atoms with Crippen LogP contribution in [-0.2, 0) is 11.2 Å². The summed E-state index contributed by atoms with van der Waals surface area (Å²) < 4.78 is 13.0. The molecule has 0 aliphatic heterocycles. The minimum atomic E-state index is -0.742. The molecule has 2 aliphatic rings. The van der Waals surface area contributed by atoms with Crippen LogP contribution in [0.4, 0.5) is 4.39 Å². The Balaban J connectivity index is 1.84. The average molecular weight is 235 g/mol. The Hall–Kier alpha value is -1.45. The van der Waals surface area contributed by atoms with E-state index in [1.54, 1.807) is 6.20 Å². The van der Waals surface area contributed by atoms with Gasteiger partial charge in [-0.1, -0.05) is 0 Å². The Morgan fingerprint density at radius 1 is 1.47 bits per heavy atom. The van der Waals surface area contributed by atoms with Crippen LogP contribution in [0.15, 0.2) is 18.5 Å². The van der Waals surface area contributed by atoms with E-state index in [2.05, 4.69) is 4.98 Å². The molecule has 2 saturated carbocycles. The molecule has 90 valence electrons. The molecule has 4 heteroatoms. The number of hydrogen-bond donors (Lipinski definition) is 1. The van der Waals surface area contributed by atoms with E-state index < -0.39 is 17.2 Å². The largest absolute Gasteiger partial charge is 0.481 e. The molecule has 0 bridgehead atoms. The molecule has 2 atom stereocenters. The molecule has 0 amide bonds.